The number of nitrogens with two attached hydrogens (primary N) is 1. The molecule has 0 spiro atoms. The quantitative estimate of drug-likeness (QED) is 0.924. The summed E-state index contributed by atoms with van der Waals surface area (Å²) in [6, 6.07) is 8.38. The van der Waals surface area contributed by atoms with Crippen LogP contribution in [0, 0.1) is 5.41 Å². The van der Waals surface area contributed by atoms with Crippen molar-refractivity contribution in [3.05, 3.63) is 35.4 Å². The van der Waals surface area contributed by atoms with Gasteiger partial charge in [0.15, 0.2) is 0 Å². The number of aryl methyl sites for hydroxylation is 1. The molecule has 1 atom stereocenters. The second-order valence-corrected chi connectivity index (χ2v) is 7.37. The number of amides is 1. The molecule has 1 aliphatic carbocycles. The Labute approximate surface area is 140 Å². The lowest BCUT2D eigenvalue weighted by Crippen LogP contribution is -2.49. The first-order valence-electron chi connectivity index (χ1n) is 7.84. The SMILES string of the molecule is CN(CC(C)(C)CN)C(=O)C1(C)CCCc2ccccc21.Cl. The van der Waals surface area contributed by atoms with Gasteiger partial charge >= 0.3 is 0 Å². The minimum Gasteiger partial charge on any atom is -0.344 e. The third kappa shape index (κ3) is 3.64. The van der Waals surface area contributed by atoms with Crippen LogP contribution in [0.2, 0.25) is 0 Å². The monoisotopic (exact) mass is 324 g/mol. The highest BCUT2D eigenvalue weighted by molar-refractivity contribution is 5.88. The fraction of sp³-hybridized carbons (Fsp3) is 0.611. The lowest BCUT2D eigenvalue weighted by atomic mass is 9.70. The highest BCUT2D eigenvalue weighted by atomic mass is 35.5. The largest absolute Gasteiger partial charge is 0.344 e. The van der Waals surface area contributed by atoms with E-state index < -0.39 is 5.41 Å². The second-order valence-electron chi connectivity index (χ2n) is 7.37. The van der Waals surface area contributed by atoms with Crippen molar-refractivity contribution in [1.29, 1.82) is 0 Å². The predicted octanol–water partition coefficient (Wildman–Crippen LogP) is 3.15. The molecule has 22 heavy (non-hydrogen) atoms. The molecule has 1 aromatic carbocycles. The highest BCUT2D eigenvalue weighted by Gasteiger charge is 2.41. The summed E-state index contributed by atoms with van der Waals surface area (Å²) in [7, 11) is 1.90. The van der Waals surface area contributed by atoms with Crippen molar-refractivity contribution in [3.63, 3.8) is 0 Å². The standard InChI is InChI=1S/C18H28N2O.ClH/c1-17(2,12-19)13-20(4)16(21)18(3)11-7-9-14-8-5-6-10-15(14)18;/h5-6,8,10H,7,9,11-13,19H2,1-4H3;1H. The molecule has 0 radical (unpaired) electrons. The minimum atomic E-state index is -0.395. The van der Waals surface area contributed by atoms with Crippen molar-refractivity contribution < 1.29 is 4.79 Å². The number of hydrogen-bond acceptors (Lipinski definition) is 2. The topological polar surface area (TPSA) is 46.3 Å². The van der Waals surface area contributed by atoms with Gasteiger partial charge in [0, 0.05) is 13.6 Å². The van der Waals surface area contributed by atoms with Crippen LogP contribution >= 0.6 is 12.4 Å². The summed E-state index contributed by atoms with van der Waals surface area (Å²) in [6.45, 7) is 7.58. The Balaban J connectivity index is 0.00000242. The second kappa shape index (κ2) is 7.01. The van der Waals surface area contributed by atoms with Crippen LogP contribution in [0.3, 0.4) is 0 Å². The van der Waals surface area contributed by atoms with Gasteiger partial charge in [-0.25, -0.2) is 0 Å². The number of hydrogen-bond donors (Lipinski definition) is 1. The number of rotatable bonds is 4. The van der Waals surface area contributed by atoms with Gasteiger partial charge in [0.2, 0.25) is 5.91 Å². The molecule has 1 aliphatic rings. The number of halogens is 1. The molecular weight excluding hydrogens is 296 g/mol. The van der Waals surface area contributed by atoms with E-state index in [4.69, 9.17) is 5.73 Å². The van der Waals surface area contributed by atoms with Gasteiger partial charge in [-0.1, -0.05) is 38.1 Å². The molecule has 4 heteroatoms. The molecule has 0 fully saturated rings. The van der Waals surface area contributed by atoms with Gasteiger partial charge in [-0.3, -0.25) is 4.79 Å². The van der Waals surface area contributed by atoms with Gasteiger partial charge in [-0.15, -0.1) is 12.4 Å². The molecule has 1 unspecified atom stereocenters. The van der Waals surface area contributed by atoms with Crippen molar-refractivity contribution >= 4 is 18.3 Å². The van der Waals surface area contributed by atoms with E-state index in [2.05, 4.69) is 39.0 Å². The van der Waals surface area contributed by atoms with E-state index in [0.717, 1.165) is 19.3 Å². The fourth-order valence-electron chi connectivity index (χ4n) is 3.47. The molecule has 0 aliphatic heterocycles. The maximum Gasteiger partial charge on any atom is 0.232 e. The number of likely N-dealkylation sites (N-methyl/N-ethyl adjacent to an activating group) is 1. The number of nitrogens with zero attached hydrogens (tertiary/aromatic N) is 1. The summed E-state index contributed by atoms with van der Waals surface area (Å²) in [4.78, 5) is 14.9. The molecule has 0 saturated heterocycles. The minimum absolute atomic E-state index is 0. The summed E-state index contributed by atoms with van der Waals surface area (Å²) >= 11 is 0. The van der Waals surface area contributed by atoms with Crippen molar-refractivity contribution in [1.82, 2.24) is 4.90 Å². The maximum absolute atomic E-state index is 13.1. The normalized spacial score (nSPS) is 20.8. The van der Waals surface area contributed by atoms with Crippen LogP contribution < -0.4 is 5.73 Å². The van der Waals surface area contributed by atoms with Crippen LogP contribution in [0.15, 0.2) is 24.3 Å². The number of carbonyl (C=O) groups is 1. The van der Waals surface area contributed by atoms with Crippen molar-refractivity contribution in [2.75, 3.05) is 20.1 Å². The Morgan fingerprint density at radius 2 is 2.00 bits per heavy atom. The van der Waals surface area contributed by atoms with E-state index in [9.17, 15) is 4.79 Å². The molecule has 2 rings (SSSR count). The van der Waals surface area contributed by atoms with Gasteiger partial charge in [0.05, 0.1) is 5.41 Å². The van der Waals surface area contributed by atoms with E-state index in [-0.39, 0.29) is 23.7 Å². The van der Waals surface area contributed by atoms with Crippen LogP contribution in [0.5, 0.6) is 0 Å². The van der Waals surface area contributed by atoms with Gasteiger partial charge < -0.3 is 10.6 Å². The van der Waals surface area contributed by atoms with E-state index in [0.29, 0.717) is 13.1 Å². The zero-order valence-electron chi connectivity index (χ0n) is 14.2. The average Bonchev–Trinajstić information content (AvgIpc) is 2.46. The molecule has 0 bridgehead atoms. The van der Waals surface area contributed by atoms with E-state index >= 15 is 0 Å². The number of carbonyl (C=O) groups excluding carboxylic acids is 1. The van der Waals surface area contributed by atoms with Gasteiger partial charge in [0.1, 0.15) is 0 Å². The molecule has 0 heterocycles. The molecular formula is C18H29ClN2O. The first-order chi connectivity index (χ1) is 9.80. The Bertz CT molecular complexity index is 530. The summed E-state index contributed by atoms with van der Waals surface area (Å²) < 4.78 is 0. The van der Waals surface area contributed by atoms with Crippen LogP contribution in [0.25, 0.3) is 0 Å². The van der Waals surface area contributed by atoms with E-state index in [1.807, 2.05) is 18.0 Å². The lowest BCUT2D eigenvalue weighted by Gasteiger charge is -2.39. The van der Waals surface area contributed by atoms with E-state index in [1.165, 1.54) is 11.1 Å². The molecule has 124 valence electrons. The Morgan fingerprint density at radius 3 is 2.64 bits per heavy atom. The zero-order chi connectivity index (χ0) is 15.7. The molecule has 0 aromatic heterocycles. The predicted molar refractivity (Wildman–Crippen MR) is 94.5 cm³/mol. The van der Waals surface area contributed by atoms with Gasteiger partial charge in [-0.2, -0.15) is 0 Å². The lowest BCUT2D eigenvalue weighted by molar-refractivity contribution is -0.137. The van der Waals surface area contributed by atoms with Crippen LogP contribution in [0.4, 0.5) is 0 Å². The molecule has 2 N–H and O–H groups in total. The zero-order valence-corrected chi connectivity index (χ0v) is 15.0. The maximum atomic E-state index is 13.1. The highest BCUT2D eigenvalue weighted by Crippen LogP contribution is 2.38. The van der Waals surface area contributed by atoms with Gasteiger partial charge in [-0.05, 0) is 49.3 Å². The van der Waals surface area contributed by atoms with Crippen LogP contribution in [-0.4, -0.2) is 30.9 Å². The molecule has 3 nitrogen and oxygen atoms in total. The molecule has 0 saturated carbocycles. The van der Waals surface area contributed by atoms with Crippen molar-refractivity contribution in [3.8, 4) is 0 Å². The Morgan fingerprint density at radius 1 is 1.36 bits per heavy atom. The number of fused-ring (bicyclic) bond motifs is 1. The summed E-state index contributed by atoms with van der Waals surface area (Å²) in [5, 5.41) is 0. The first kappa shape index (κ1) is 19.0. The Kier molecular flexibility index (Phi) is 6.05. The first-order valence-corrected chi connectivity index (χ1v) is 7.84. The summed E-state index contributed by atoms with van der Waals surface area (Å²) in [5.41, 5.74) is 7.90. The smallest absolute Gasteiger partial charge is 0.232 e. The number of benzene rings is 1. The fourth-order valence-corrected chi connectivity index (χ4v) is 3.47. The third-order valence-electron chi connectivity index (χ3n) is 4.77. The van der Waals surface area contributed by atoms with Gasteiger partial charge in [0.25, 0.3) is 0 Å². The molecule has 1 aromatic rings. The van der Waals surface area contributed by atoms with Crippen molar-refractivity contribution in [2.45, 2.75) is 45.4 Å². The average molecular weight is 325 g/mol. The van der Waals surface area contributed by atoms with Crippen LogP contribution in [0.1, 0.15) is 44.7 Å². The Hall–Kier alpha value is -1.06. The van der Waals surface area contributed by atoms with Crippen molar-refractivity contribution in [2.24, 2.45) is 11.1 Å². The summed E-state index contributed by atoms with van der Waals surface area (Å²) in [5.74, 6) is 0.219. The van der Waals surface area contributed by atoms with Crippen LogP contribution in [-0.2, 0) is 16.6 Å². The summed E-state index contributed by atoms with van der Waals surface area (Å²) in [6.07, 6.45) is 3.08. The third-order valence-corrected chi connectivity index (χ3v) is 4.77. The molecule has 1 amide bonds. The van der Waals surface area contributed by atoms with E-state index in [1.54, 1.807) is 0 Å².